The molecule has 136 valence electrons. The molecule has 0 spiro atoms. The van der Waals surface area contributed by atoms with Gasteiger partial charge in [0.25, 0.3) is 0 Å². The number of anilines is 1. The highest BCUT2D eigenvalue weighted by Gasteiger charge is 2.15. The van der Waals surface area contributed by atoms with Gasteiger partial charge in [-0.15, -0.1) is 0 Å². The van der Waals surface area contributed by atoms with Crippen LogP contribution in [-0.2, 0) is 10.8 Å². The number of nitrogens with zero attached hydrogens (tertiary/aromatic N) is 2. The summed E-state index contributed by atoms with van der Waals surface area (Å²) in [6.45, 7) is 12.8. The maximum Gasteiger partial charge on any atom is 0.101 e. The van der Waals surface area contributed by atoms with E-state index < -0.39 is 0 Å². The molecule has 2 aromatic rings. The summed E-state index contributed by atoms with van der Waals surface area (Å²) >= 11 is 2.18. The number of halogens is 1. The Balaban J connectivity index is 0.000000260. The molecule has 4 heteroatoms. The highest BCUT2D eigenvalue weighted by atomic mass is 127. The molecule has 0 aromatic heterocycles. The van der Waals surface area contributed by atoms with Gasteiger partial charge in [0.15, 0.2) is 0 Å². The van der Waals surface area contributed by atoms with Crippen LogP contribution in [0.3, 0.4) is 0 Å². The van der Waals surface area contributed by atoms with E-state index in [-0.39, 0.29) is 10.8 Å². The van der Waals surface area contributed by atoms with Gasteiger partial charge >= 0.3 is 0 Å². The Morgan fingerprint density at radius 1 is 0.769 bits per heavy atom. The fourth-order valence-electron chi connectivity index (χ4n) is 2.20. The molecule has 2 aromatic carbocycles. The number of rotatable bonds is 0. The molecule has 0 saturated carbocycles. The Labute approximate surface area is 171 Å². The number of nitrogens with two attached hydrogens (primary N) is 1. The Bertz CT molecular complexity index is 783. The van der Waals surface area contributed by atoms with Gasteiger partial charge in [-0.1, -0.05) is 53.7 Å². The van der Waals surface area contributed by atoms with Gasteiger partial charge in [0.05, 0.1) is 11.1 Å². The minimum Gasteiger partial charge on any atom is -0.398 e. The first-order valence-electron chi connectivity index (χ1n) is 8.40. The molecule has 2 N–H and O–H groups in total. The first-order chi connectivity index (χ1) is 11.9. The van der Waals surface area contributed by atoms with Crippen LogP contribution < -0.4 is 5.73 Å². The first-order valence-corrected chi connectivity index (χ1v) is 9.48. The normalized spacial score (nSPS) is 11.0. The zero-order valence-corrected chi connectivity index (χ0v) is 18.5. The molecule has 0 fully saturated rings. The molecule has 0 aliphatic carbocycles. The molecule has 0 amide bonds. The van der Waals surface area contributed by atoms with Crippen LogP contribution in [0.15, 0.2) is 36.4 Å². The van der Waals surface area contributed by atoms with Crippen LogP contribution in [0.5, 0.6) is 0 Å². The van der Waals surface area contributed by atoms with E-state index in [9.17, 15) is 0 Å². The van der Waals surface area contributed by atoms with E-state index in [1.807, 2.05) is 24.3 Å². The summed E-state index contributed by atoms with van der Waals surface area (Å²) in [5.74, 6) is 0. The molecular formula is C22H26IN3. The number of nitrogen functional groups attached to an aromatic ring is 1. The fourth-order valence-corrected chi connectivity index (χ4v) is 2.65. The van der Waals surface area contributed by atoms with Gasteiger partial charge < -0.3 is 5.73 Å². The highest BCUT2D eigenvalue weighted by molar-refractivity contribution is 14.1. The van der Waals surface area contributed by atoms with E-state index in [1.165, 1.54) is 5.56 Å². The van der Waals surface area contributed by atoms with Gasteiger partial charge in [-0.25, -0.2) is 0 Å². The highest BCUT2D eigenvalue weighted by Crippen LogP contribution is 2.25. The molecular weight excluding hydrogens is 433 g/mol. The quantitative estimate of drug-likeness (QED) is 0.394. The van der Waals surface area contributed by atoms with Gasteiger partial charge in [-0.3, -0.25) is 0 Å². The monoisotopic (exact) mass is 459 g/mol. The molecule has 26 heavy (non-hydrogen) atoms. The second kappa shape index (κ2) is 8.56. The second-order valence-electron chi connectivity index (χ2n) is 8.22. The Kier molecular flexibility index (Phi) is 7.24. The molecule has 0 bridgehead atoms. The van der Waals surface area contributed by atoms with E-state index in [1.54, 1.807) is 6.07 Å². The summed E-state index contributed by atoms with van der Waals surface area (Å²) in [6, 6.07) is 16.0. The molecule has 0 radical (unpaired) electrons. The van der Waals surface area contributed by atoms with Crippen LogP contribution in [0.25, 0.3) is 0 Å². The van der Waals surface area contributed by atoms with Crippen LogP contribution in [0.1, 0.15) is 63.8 Å². The first kappa shape index (κ1) is 22.0. The van der Waals surface area contributed by atoms with E-state index in [0.29, 0.717) is 11.3 Å². The van der Waals surface area contributed by atoms with E-state index in [2.05, 4.69) is 82.3 Å². The van der Waals surface area contributed by atoms with Crippen LogP contribution >= 0.6 is 22.6 Å². The Hall–Kier alpha value is -2.05. The van der Waals surface area contributed by atoms with Crippen molar-refractivity contribution in [2.75, 3.05) is 5.73 Å². The van der Waals surface area contributed by atoms with Gasteiger partial charge in [0, 0.05) is 9.26 Å². The third-order valence-corrected chi connectivity index (χ3v) is 4.93. The lowest BCUT2D eigenvalue weighted by molar-refractivity contribution is 0.589. The average molecular weight is 459 g/mol. The van der Waals surface area contributed by atoms with Crippen molar-refractivity contribution >= 4 is 28.3 Å². The lowest BCUT2D eigenvalue weighted by atomic mass is 9.86. The summed E-state index contributed by atoms with van der Waals surface area (Å²) < 4.78 is 1.02. The Morgan fingerprint density at radius 3 is 1.62 bits per heavy atom. The second-order valence-corrected chi connectivity index (χ2v) is 9.38. The average Bonchev–Trinajstić information content (AvgIpc) is 2.54. The van der Waals surface area contributed by atoms with Crippen molar-refractivity contribution in [2.45, 2.75) is 52.4 Å². The summed E-state index contributed by atoms with van der Waals surface area (Å²) in [5, 5.41) is 17.6. The largest absolute Gasteiger partial charge is 0.398 e. The molecule has 3 nitrogen and oxygen atoms in total. The maximum absolute atomic E-state index is 8.85. The van der Waals surface area contributed by atoms with Gasteiger partial charge in [0.2, 0.25) is 0 Å². The molecule has 0 atom stereocenters. The van der Waals surface area contributed by atoms with Gasteiger partial charge in [-0.2, -0.15) is 10.5 Å². The lowest BCUT2D eigenvalue weighted by Crippen LogP contribution is -2.11. The summed E-state index contributed by atoms with van der Waals surface area (Å²) in [7, 11) is 0. The van der Waals surface area contributed by atoms with Crippen molar-refractivity contribution in [1.82, 2.24) is 0 Å². The maximum atomic E-state index is 8.85. The fraction of sp³-hybridized carbons (Fsp3) is 0.364. The third kappa shape index (κ3) is 6.04. The smallest absolute Gasteiger partial charge is 0.101 e. The van der Waals surface area contributed by atoms with Crippen LogP contribution in [-0.4, -0.2) is 0 Å². The molecule has 0 saturated heterocycles. The molecule has 0 aliphatic heterocycles. The van der Waals surface area contributed by atoms with Crippen molar-refractivity contribution in [3.05, 3.63) is 62.2 Å². The van der Waals surface area contributed by atoms with Crippen molar-refractivity contribution in [3.8, 4) is 12.1 Å². The number of nitriles is 2. The summed E-state index contributed by atoms with van der Waals surface area (Å²) in [4.78, 5) is 0. The van der Waals surface area contributed by atoms with Crippen LogP contribution in [0.2, 0.25) is 0 Å². The summed E-state index contributed by atoms with van der Waals surface area (Å²) in [6.07, 6.45) is 0. The number of hydrogen-bond acceptors (Lipinski definition) is 3. The van der Waals surface area contributed by atoms with Crippen molar-refractivity contribution in [1.29, 1.82) is 10.5 Å². The molecule has 0 heterocycles. The van der Waals surface area contributed by atoms with Crippen LogP contribution in [0, 0.1) is 26.2 Å². The topological polar surface area (TPSA) is 73.6 Å². The predicted octanol–water partition coefficient (Wildman–Crippen LogP) is 5.90. The zero-order valence-electron chi connectivity index (χ0n) is 16.3. The van der Waals surface area contributed by atoms with Crippen molar-refractivity contribution in [3.63, 3.8) is 0 Å². The molecule has 0 unspecified atom stereocenters. The minimum absolute atomic E-state index is 0.0687. The van der Waals surface area contributed by atoms with Gasteiger partial charge in [-0.05, 0) is 68.8 Å². The van der Waals surface area contributed by atoms with Crippen molar-refractivity contribution < 1.29 is 0 Å². The van der Waals surface area contributed by atoms with E-state index >= 15 is 0 Å². The number of hydrogen-bond donors (Lipinski definition) is 1. The summed E-state index contributed by atoms with van der Waals surface area (Å²) in [5.41, 5.74) is 10.0. The number of benzene rings is 2. The van der Waals surface area contributed by atoms with Crippen LogP contribution in [0.4, 0.5) is 5.69 Å². The minimum atomic E-state index is 0.0687. The SMILES string of the molecule is CC(C)(C)c1ccc(I)c(C#N)c1.CC(C)(C)c1ccc(N)c(C#N)c1. The zero-order chi connectivity index (χ0) is 20.1. The molecule has 0 aliphatic rings. The predicted molar refractivity (Wildman–Crippen MR) is 117 cm³/mol. The van der Waals surface area contributed by atoms with Crippen molar-refractivity contribution in [2.24, 2.45) is 0 Å². The molecule has 2 rings (SSSR count). The van der Waals surface area contributed by atoms with E-state index in [0.717, 1.165) is 14.7 Å². The lowest BCUT2D eigenvalue weighted by Gasteiger charge is -2.19. The van der Waals surface area contributed by atoms with Gasteiger partial charge in [0.1, 0.15) is 12.1 Å². The standard InChI is InChI=1S/C11H12IN.C11H14N2/c1-11(2,3)9-4-5-10(12)8(6-9)7-13;1-11(2,3)9-4-5-10(13)8(6-9)7-12/h4-6H,1-3H3;4-6H,13H2,1-3H3. The Morgan fingerprint density at radius 2 is 1.19 bits per heavy atom. The third-order valence-electron chi connectivity index (χ3n) is 3.99. The van der Waals surface area contributed by atoms with E-state index in [4.69, 9.17) is 16.3 Å².